The second-order valence-electron chi connectivity index (χ2n) is 5.03. The number of halogens is 1. The fraction of sp³-hybridized carbons (Fsp3) is 0.222. The van der Waals surface area contributed by atoms with Gasteiger partial charge in [-0.25, -0.2) is 5.43 Å². The third-order valence-corrected chi connectivity index (χ3v) is 3.86. The first-order valence-electron chi connectivity index (χ1n) is 7.62. The van der Waals surface area contributed by atoms with E-state index < -0.39 is 12.0 Å². The Balaban J connectivity index is 2.06. The largest absolute Gasteiger partial charge is 0.497 e. The SMILES string of the molecule is CCOc1ccc(OC)cc1/C=N\NC(=O)[C@H](O)c1ccc(Br)cc1. The number of aliphatic hydroxyl groups is 1. The maximum Gasteiger partial charge on any atom is 0.273 e. The van der Waals surface area contributed by atoms with Gasteiger partial charge in [-0.05, 0) is 42.8 Å². The van der Waals surface area contributed by atoms with E-state index in [1.54, 1.807) is 49.6 Å². The maximum absolute atomic E-state index is 12.0. The van der Waals surface area contributed by atoms with E-state index in [9.17, 15) is 9.90 Å². The molecule has 0 bridgehead atoms. The van der Waals surface area contributed by atoms with Gasteiger partial charge < -0.3 is 14.6 Å². The molecule has 0 fully saturated rings. The first-order valence-corrected chi connectivity index (χ1v) is 8.41. The van der Waals surface area contributed by atoms with Gasteiger partial charge in [-0.3, -0.25) is 4.79 Å². The fourth-order valence-corrected chi connectivity index (χ4v) is 2.33. The molecular formula is C18H19BrN2O4. The Morgan fingerprint density at radius 1 is 1.32 bits per heavy atom. The minimum atomic E-state index is -1.30. The quantitative estimate of drug-likeness (QED) is 0.546. The van der Waals surface area contributed by atoms with E-state index in [1.165, 1.54) is 6.21 Å². The van der Waals surface area contributed by atoms with Gasteiger partial charge in [0.1, 0.15) is 11.5 Å². The van der Waals surface area contributed by atoms with Gasteiger partial charge >= 0.3 is 0 Å². The summed E-state index contributed by atoms with van der Waals surface area (Å²) >= 11 is 3.30. The highest BCUT2D eigenvalue weighted by Gasteiger charge is 2.16. The van der Waals surface area contributed by atoms with Crippen LogP contribution in [0.2, 0.25) is 0 Å². The number of nitrogens with zero attached hydrogens (tertiary/aromatic N) is 1. The number of ether oxygens (including phenoxy) is 2. The molecule has 0 spiro atoms. The molecule has 0 saturated carbocycles. The Labute approximate surface area is 154 Å². The van der Waals surface area contributed by atoms with Crippen LogP contribution in [0.5, 0.6) is 11.5 Å². The zero-order valence-electron chi connectivity index (χ0n) is 13.9. The molecule has 1 atom stereocenters. The number of carbonyl (C=O) groups is 1. The van der Waals surface area contributed by atoms with Crippen LogP contribution >= 0.6 is 15.9 Å². The molecule has 0 aliphatic carbocycles. The molecule has 2 aromatic carbocycles. The average Bonchev–Trinajstić information content (AvgIpc) is 2.63. The molecule has 0 radical (unpaired) electrons. The van der Waals surface area contributed by atoms with Gasteiger partial charge in [-0.15, -0.1) is 0 Å². The molecule has 1 amide bonds. The third kappa shape index (κ3) is 5.30. The Hall–Kier alpha value is -2.38. The standard InChI is InChI=1S/C18H19BrN2O4/c1-3-25-16-9-8-15(24-2)10-13(16)11-20-21-18(23)17(22)12-4-6-14(19)7-5-12/h4-11,17,22H,3H2,1-2H3,(H,21,23)/b20-11-/t17-/m1/s1. The number of nitrogens with one attached hydrogen (secondary N) is 1. The molecular weight excluding hydrogens is 388 g/mol. The topological polar surface area (TPSA) is 80.2 Å². The zero-order chi connectivity index (χ0) is 18.2. The van der Waals surface area contributed by atoms with E-state index >= 15 is 0 Å². The molecule has 2 aromatic rings. The second-order valence-corrected chi connectivity index (χ2v) is 5.94. The monoisotopic (exact) mass is 406 g/mol. The average molecular weight is 407 g/mol. The van der Waals surface area contributed by atoms with Crippen LogP contribution in [-0.4, -0.2) is 30.9 Å². The number of hydrazone groups is 1. The summed E-state index contributed by atoms with van der Waals surface area (Å²) in [6.45, 7) is 2.38. The van der Waals surface area contributed by atoms with Crippen LogP contribution in [-0.2, 0) is 4.79 Å². The molecule has 0 aromatic heterocycles. The van der Waals surface area contributed by atoms with Crippen LogP contribution in [0.25, 0.3) is 0 Å². The summed E-state index contributed by atoms with van der Waals surface area (Å²) in [6, 6.07) is 12.1. The first kappa shape index (κ1) is 19.0. The summed E-state index contributed by atoms with van der Waals surface area (Å²) in [6.07, 6.45) is 0.140. The van der Waals surface area contributed by atoms with Crippen molar-refractivity contribution >= 4 is 28.1 Å². The van der Waals surface area contributed by atoms with Crippen molar-refractivity contribution in [3.05, 3.63) is 58.1 Å². The van der Waals surface area contributed by atoms with Crippen molar-refractivity contribution < 1.29 is 19.4 Å². The van der Waals surface area contributed by atoms with E-state index in [1.807, 2.05) is 6.92 Å². The number of aliphatic hydroxyl groups excluding tert-OH is 1. The zero-order valence-corrected chi connectivity index (χ0v) is 15.5. The highest BCUT2D eigenvalue weighted by Crippen LogP contribution is 2.22. The van der Waals surface area contributed by atoms with Crippen molar-refractivity contribution in [1.29, 1.82) is 0 Å². The first-order chi connectivity index (χ1) is 12.0. The molecule has 0 saturated heterocycles. The second kappa shape index (κ2) is 9.19. The summed E-state index contributed by atoms with van der Waals surface area (Å²) in [4.78, 5) is 12.0. The summed E-state index contributed by atoms with van der Waals surface area (Å²) in [5, 5.41) is 13.9. The summed E-state index contributed by atoms with van der Waals surface area (Å²) in [7, 11) is 1.56. The summed E-state index contributed by atoms with van der Waals surface area (Å²) in [5.41, 5.74) is 3.45. The Morgan fingerprint density at radius 3 is 2.68 bits per heavy atom. The van der Waals surface area contributed by atoms with Gasteiger partial charge in [0.25, 0.3) is 5.91 Å². The van der Waals surface area contributed by atoms with Gasteiger partial charge in [0.05, 0.1) is 19.9 Å². The number of rotatable bonds is 7. The molecule has 0 unspecified atom stereocenters. The van der Waals surface area contributed by atoms with Crippen molar-refractivity contribution in [3.63, 3.8) is 0 Å². The van der Waals surface area contributed by atoms with Crippen LogP contribution in [0, 0.1) is 0 Å². The van der Waals surface area contributed by atoms with E-state index in [0.717, 1.165) is 4.47 Å². The Morgan fingerprint density at radius 2 is 2.04 bits per heavy atom. The molecule has 2 rings (SSSR count). The lowest BCUT2D eigenvalue weighted by molar-refractivity contribution is -0.129. The molecule has 0 heterocycles. The van der Waals surface area contributed by atoms with Crippen molar-refractivity contribution in [2.45, 2.75) is 13.0 Å². The number of amides is 1. The smallest absolute Gasteiger partial charge is 0.273 e. The van der Waals surface area contributed by atoms with Crippen LogP contribution in [0.1, 0.15) is 24.2 Å². The Kier molecular flexibility index (Phi) is 6.97. The summed E-state index contributed by atoms with van der Waals surface area (Å²) < 4.78 is 11.5. The predicted octanol–water partition coefficient (Wildman–Crippen LogP) is 3.04. The lowest BCUT2D eigenvalue weighted by atomic mass is 10.1. The molecule has 25 heavy (non-hydrogen) atoms. The third-order valence-electron chi connectivity index (χ3n) is 3.33. The minimum absolute atomic E-state index is 0.479. The summed E-state index contributed by atoms with van der Waals surface area (Å²) in [5.74, 6) is 0.639. The van der Waals surface area contributed by atoms with Crippen LogP contribution < -0.4 is 14.9 Å². The van der Waals surface area contributed by atoms with Crippen molar-refractivity contribution in [1.82, 2.24) is 5.43 Å². The molecule has 6 nitrogen and oxygen atoms in total. The van der Waals surface area contributed by atoms with Gasteiger partial charge in [0.15, 0.2) is 6.10 Å². The highest BCUT2D eigenvalue weighted by molar-refractivity contribution is 9.10. The van der Waals surface area contributed by atoms with Gasteiger partial charge in [-0.1, -0.05) is 28.1 Å². The molecule has 2 N–H and O–H groups in total. The number of carbonyl (C=O) groups excluding carboxylic acids is 1. The molecule has 132 valence electrons. The van der Waals surface area contributed by atoms with Crippen LogP contribution in [0.4, 0.5) is 0 Å². The lowest BCUT2D eigenvalue weighted by Crippen LogP contribution is -2.25. The van der Waals surface area contributed by atoms with Crippen molar-refractivity contribution in [3.8, 4) is 11.5 Å². The minimum Gasteiger partial charge on any atom is -0.497 e. The number of benzene rings is 2. The molecule has 0 aliphatic rings. The van der Waals surface area contributed by atoms with E-state index in [4.69, 9.17) is 9.47 Å². The van der Waals surface area contributed by atoms with E-state index in [-0.39, 0.29) is 0 Å². The van der Waals surface area contributed by atoms with Crippen LogP contribution in [0.3, 0.4) is 0 Å². The maximum atomic E-state index is 12.0. The Bertz CT molecular complexity index is 747. The molecule has 0 aliphatic heterocycles. The highest BCUT2D eigenvalue weighted by atomic mass is 79.9. The number of methoxy groups -OCH3 is 1. The normalized spacial score (nSPS) is 12.0. The number of hydrogen-bond donors (Lipinski definition) is 2. The van der Waals surface area contributed by atoms with E-state index in [2.05, 4.69) is 26.5 Å². The van der Waals surface area contributed by atoms with Crippen molar-refractivity contribution in [2.24, 2.45) is 5.10 Å². The van der Waals surface area contributed by atoms with Crippen molar-refractivity contribution in [2.75, 3.05) is 13.7 Å². The predicted molar refractivity (Wildman–Crippen MR) is 99.0 cm³/mol. The van der Waals surface area contributed by atoms with E-state index in [0.29, 0.717) is 29.2 Å². The van der Waals surface area contributed by atoms with Crippen LogP contribution in [0.15, 0.2) is 52.0 Å². The fourth-order valence-electron chi connectivity index (χ4n) is 2.06. The molecule has 7 heteroatoms. The lowest BCUT2D eigenvalue weighted by Gasteiger charge is -2.10. The van der Waals surface area contributed by atoms with Gasteiger partial charge in [0.2, 0.25) is 0 Å². The van der Waals surface area contributed by atoms with Gasteiger partial charge in [0, 0.05) is 10.0 Å². The van der Waals surface area contributed by atoms with Gasteiger partial charge in [-0.2, -0.15) is 5.10 Å². The number of hydrogen-bond acceptors (Lipinski definition) is 5.